The van der Waals surface area contributed by atoms with E-state index in [4.69, 9.17) is 69.3 Å². The third kappa shape index (κ3) is 22.6. The molecule has 9 aromatic carbocycles. The molecule has 0 bridgehead atoms. The van der Waals surface area contributed by atoms with Gasteiger partial charge in [0.1, 0.15) is 65.7 Å². The average molecular weight is 1550 g/mol. The largest absolute Gasteiger partial charge is 1.00 e. The third-order valence-electron chi connectivity index (χ3n) is 16.1. The molecule has 0 spiro atoms. The number of aryl methyl sites for hydroxylation is 3. The van der Waals surface area contributed by atoms with Gasteiger partial charge in [-0.2, -0.15) is 13.2 Å². The van der Waals surface area contributed by atoms with Crippen LogP contribution in [0.5, 0.6) is 17.2 Å². The number of fused-ring (bicyclic) bond motifs is 3. The van der Waals surface area contributed by atoms with Gasteiger partial charge in [0.15, 0.2) is 5.58 Å². The van der Waals surface area contributed by atoms with E-state index in [0.29, 0.717) is 101 Å². The molecule has 0 aliphatic carbocycles. The van der Waals surface area contributed by atoms with Gasteiger partial charge < -0.3 is 74.8 Å². The van der Waals surface area contributed by atoms with E-state index in [2.05, 4.69) is 15.9 Å². The number of rotatable bonds is 23. The first-order valence-corrected chi connectivity index (χ1v) is 33.5. The number of carbonyl (C=O) groups excluding carboxylic acids is 2. The number of carbonyl (C=O) groups is 3. The van der Waals surface area contributed by atoms with Crippen LogP contribution in [0.2, 0.25) is 0 Å². The van der Waals surface area contributed by atoms with Crippen LogP contribution < -0.4 is 55.7 Å². The fourth-order valence-corrected chi connectivity index (χ4v) is 11.8. The molecule has 0 unspecified atom stereocenters. The molecule has 12 aromatic rings. The van der Waals surface area contributed by atoms with Crippen LogP contribution in [0.1, 0.15) is 80.6 Å². The summed E-state index contributed by atoms with van der Waals surface area (Å²) in [5.74, 6) is -1.59. The molecule has 0 radical (unpaired) electrons. The van der Waals surface area contributed by atoms with Crippen molar-refractivity contribution in [3.05, 3.63) is 271 Å². The number of carboxylic acids is 1. The van der Waals surface area contributed by atoms with Gasteiger partial charge in [0.2, 0.25) is 0 Å². The summed E-state index contributed by atoms with van der Waals surface area (Å²) in [4.78, 5) is 34.9. The van der Waals surface area contributed by atoms with Crippen molar-refractivity contribution in [3.8, 4) is 39.5 Å². The van der Waals surface area contributed by atoms with Crippen molar-refractivity contribution < 1.29 is 117 Å². The second-order valence-corrected chi connectivity index (χ2v) is 24.7. The van der Waals surface area contributed by atoms with E-state index < -0.39 is 48.6 Å². The van der Waals surface area contributed by atoms with Gasteiger partial charge >= 0.3 is 43.9 Å². The number of carboxylic acid groups (broad SMARTS) is 1. The summed E-state index contributed by atoms with van der Waals surface area (Å²) < 4.78 is 128. The van der Waals surface area contributed by atoms with E-state index in [1.54, 1.807) is 86.6 Å². The van der Waals surface area contributed by atoms with E-state index in [9.17, 15) is 36.3 Å². The minimum absolute atomic E-state index is 0. The van der Waals surface area contributed by atoms with E-state index in [0.717, 1.165) is 27.8 Å². The Morgan fingerprint density at radius 3 is 1.16 bits per heavy atom. The summed E-state index contributed by atoms with van der Waals surface area (Å²) in [6.07, 6.45) is 0.0564. The number of furan rings is 3. The molecule has 28 heteroatoms. The number of benzene rings is 9. The first kappa shape index (κ1) is 86.1. The van der Waals surface area contributed by atoms with Crippen LogP contribution in [0.3, 0.4) is 0 Å². The van der Waals surface area contributed by atoms with Crippen LogP contribution >= 0.6 is 28.3 Å². The van der Waals surface area contributed by atoms with Gasteiger partial charge in [-0.05, 0) is 139 Å². The molecule has 0 amide bonds. The van der Waals surface area contributed by atoms with Crippen molar-refractivity contribution in [2.45, 2.75) is 93.3 Å². The number of hydrogen-bond donors (Lipinski definition) is 6. The number of hydrogen-bond acceptors (Lipinski definition) is 17. The zero-order valence-electron chi connectivity index (χ0n) is 59.0. The molecule has 3 aromatic heterocycles. The Labute approximate surface area is 638 Å². The molecule has 0 fully saturated rings. The first-order chi connectivity index (χ1) is 49.9. The van der Waals surface area contributed by atoms with Crippen molar-refractivity contribution >= 4 is 91.7 Å². The zero-order chi connectivity index (χ0) is 74.9. The van der Waals surface area contributed by atoms with Crippen LogP contribution in [-0.2, 0) is 82.6 Å². The average Bonchev–Trinajstić information content (AvgIpc) is 1.73. The predicted octanol–water partition coefficient (Wildman–Crippen LogP) is 12.7. The molecule has 10 N–H and O–H groups in total. The summed E-state index contributed by atoms with van der Waals surface area (Å²) >= 11 is 3.39. The van der Waals surface area contributed by atoms with Crippen LogP contribution in [0, 0.1) is 56.3 Å². The maximum Gasteiger partial charge on any atom is 1.00 e. The molecule has 0 aliphatic rings. The molecule has 18 nitrogen and oxygen atoms in total. The fourth-order valence-electron chi connectivity index (χ4n) is 11.2. The van der Waals surface area contributed by atoms with Crippen LogP contribution in [0.15, 0.2) is 182 Å². The van der Waals surface area contributed by atoms with Gasteiger partial charge in [-0.1, -0.05) is 91.0 Å². The zero-order valence-corrected chi connectivity index (χ0v) is 61.4. The third-order valence-corrected chi connectivity index (χ3v) is 16.7. The quantitative estimate of drug-likeness (QED) is 0.0197. The Hall–Kier alpha value is -9.82. The van der Waals surface area contributed by atoms with Gasteiger partial charge in [0, 0.05) is 115 Å². The molecule has 107 heavy (non-hydrogen) atoms. The smallest absolute Gasteiger partial charge is 0.870 e. The summed E-state index contributed by atoms with van der Waals surface area (Å²) in [7, 11) is -1.78. The monoisotopic (exact) mass is 1550 g/mol. The fraction of sp³-hybridized carbons (Fsp3) is 0.203. The standard InChI is InChI=1S/C27H25F2NO4.C25H21F2NO4.C20H18BrFO4.C7H9BFNO2.ClH.Li.H2O/c1-3-32-25(31)13-18-8-7-16(2)9-23(18)33-15-17-10-20-12-24(28)34-27(20)22(11-17)21-6-4-5-19(14-30)26(21)29;1-14-5-6-16(11-23(29)30)21(7-14)31-13-15-8-18-10-22(26)32-25(18)20(9-15)19-4-2-3-17(12-28)24(19)27;1-3-24-19(23)10-14-5-4-12(2)6-17(14)25-11-13-7-15-9-18(22)26-20(15)16(21)8-13;9-7-5(4-10)2-1-3-6(7)8(11)12;;;/h4-12H,3,13-15,30H2,1-2H3;2-10H,11-13,28H2,1H3,(H,29,30);4-9H,3,10-11H2,1-2H3;1-3,11-12H,4,10H2;1H;;1H2/q;;;;;+1;/p-1. The summed E-state index contributed by atoms with van der Waals surface area (Å²) in [5.41, 5.74) is 26.7. The number of halogens is 8. The van der Waals surface area contributed by atoms with E-state index >= 15 is 4.39 Å². The van der Waals surface area contributed by atoms with Crippen LogP contribution in [0.25, 0.3) is 55.2 Å². The minimum Gasteiger partial charge on any atom is -0.870 e. The molecule has 0 saturated heterocycles. The first-order valence-electron chi connectivity index (χ1n) is 32.7. The second kappa shape index (κ2) is 40.2. The Bertz CT molecular complexity index is 5080. The second-order valence-electron chi connectivity index (χ2n) is 23.9. The van der Waals surface area contributed by atoms with Crippen molar-refractivity contribution in [2.24, 2.45) is 17.2 Å². The Morgan fingerprint density at radius 1 is 0.449 bits per heavy atom. The molecular weight excluding hydrogens is 1480 g/mol. The Kier molecular flexibility index (Phi) is 32.4. The topological polar surface area (TPSA) is 306 Å². The summed E-state index contributed by atoms with van der Waals surface area (Å²) in [6, 6.07) is 42.7. The number of nitrogens with two attached hydrogens (primary N) is 3. The van der Waals surface area contributed by atoms with Gasteiger partial charge in [-0.15, -0.1) is 12.4 Å². The molecule has 0 atom stereocenters. The van der Waals surface area contributed by atoms with E-state index in [1.165, 1.54) is 36.4 Å². The van der Waals surface area contributed by atoms with Crippen LogP contribution in [-0.4, -0.2) is 58.9 Å². The molecule has 0 saturated carbocycles. The van der Waals surface area contributed by atoms with Crippen molar-refractivity contribution in [3.63, 3.8) is 0 Å². The number of aliphatic carboxylic acids is 1. The predicted molar refractivity (Wildman–Crippen MR) is 395 cm³/mol. The molecule has 0 aliphatic heterocycles. The van der Waals surface area contributed by atoms with Gasteiger partial charge in [-0.25, -0.2) is 13.2 Å². The molecular formula is C79H75BBrClF6LiN3O15. The minimum atomic E-state index is -1.78. The van der Waals surface area contributed by atoms with Gasteiger partial charge in [0.25, 0.3) is 18.0 Å². The molecule has 3 heterocycles. The van der Waals surface area contributed by atoms with Gasteiger partial charge in [-0.3, -0.25) is 14.4 Å². The Morgan fingerprint density at radius 2 is 0.794 bits per heavy atom. The van der Waals surface area contributed by atoms with Crippen molar-refractivity contribution in [2.75, 3.05) is 13.2 Å². The van der Waals surface area contributed by atoms with Gasteiger partial charge in [0.05, 0.1) is 36.9 Å². The maximum absolute atomic E-state index is 15.1. The molecule has 12 rings (SSSR count). The van der Waals surface area contributed by atoms with Crippen molar-refractivity contribution in [1.82, 2.24) is 0 Å². The van der Waals surface area contributed by atoms with E-state index in [1.807, 2.05) is 75.4 Å². The summed E-state index contributed by atoms with van der Waals surface area (Å²) in [5, 5.41) is 28.2. The Balaban J connectivity index is 0.000000231. The molecule has 556 valence electrons. The SMILES string of the molecule is CCOC(=O)Cc1ccc(C)cc1OCc1cc(-c2cccc(CN)c2F)c2oc(F)cc2c1.CCOC(=O)Cc1ccc(C)cc1OCc1cc(Br)c2oc(F)cc2c1.Cc1ccc(CC(=O)O)c(OCc2cc(-c3cccc(CN)c3F)c3oc(F)cc3c2)c1.Cl.NCc1cccc(B(O)O)c1F.[Li+].[OH-]. The number of esters is 2. The van der Waals surface area contributed by atoms with Crippen LogP contribution in [0.4, 0.5) is 26.3 Å². The van der Waals surface area contributed by atoms with Crippen molar-refractivity contribution in [1.29, 1.82) is 0 Å². The normalized spacial score (nSPS) is 10.6. The number of ether oxygens (including phenoxy) is 5. The summed E-state index contributed by atoms with van der Waals surface area (Å²) in [6.45, 7) is 10.5. The van der Waals surface area contributed by atoms with E-state index in [-0.39, 0.29) is 141 Å². The maximum atomic E-state index is 15.1.